The van der Waals surface area contributed by atoms with E-state index in [1.54, 1.807) is 13.8 Å². The molecule has 7 N–H and O–H groups in total. The van der Waals surface area contributed by atoms with Gasteiger partial charge in [0.15, 0.2) is 11.6 Å². The Morgan fingerprint density at radius 1 is 0.795 bits per heavy atom. The molecule has 0 spiro atoms. The lowest BCUT2D eigenvalue weighted by Crippen LogP contribution is -2.57. The van der Waals surface area contributed by atoms with Crippen LogP contribution in [0.3, 0.4) is 0 Å². The summed E-state index contributed by atoms with van der Waals surface area (Å²) < 4.78 is 0. The maximum absolute atomic E-state index is 13.2. The third-order valence-electron chi connectivity index (χ3n) is 7.08. The Labute approximate surface area is 254 Å². The first-order chi connectivity index (χ1) is 20.7. The molecule has 0 aromatic heterocycles. The van der Waals surface area contributed by atoms with Gasteiger partial charge in [-0.1, -0.05) is 56.3 Å². The van der Waals surface area contributed by atoms with Crippen LogP contribution in [0.1, 0.15) is 52.0 Å². The molecule has 44 heavy (non-hydrogen) atoms. The Hall–Kier alpha value is -4.65. The number of nitrogens with two attached hydrogens (primary N) is 1. The van der Waals surface area contributed by atoms with Gasteiger partial charge in [-0.25, -0.2) is 0 Å². The van der Waals surface area contributed by atoms with E-state index in [1.807, 2.05) is 42.5 Å². The minimum absolute atomic E-state index is 0.00197. The Bertz CT molecular complexity index is 1370. The number of fused-ring (bicyclic) bond motifs is 1. The van der Waals surface area contributed by atoms with Gasteiger partial charge in [-0.3, -0.25) is 33.6 Å². The lowest BCUT2D eigenvalue weighted by atomic mass is 9.93. The second-order valence-corrected chi connectivity index (χ2v) is 10.9. The zero-order valence-electron chi connectivity index (χ0n) is 25.0. The largest absolute Gasteiger partial charge is 0.481 e. The molecule has 0 aliphatic carbocycles. The summed E-state index contributed by atoms with van der Waals surface area (Å²) in [6.07, 6.45) is -0.487. The number of hydrogen-bond donors (Lipinski definition) is 6. The standard InChI is InChI=1S/C31H40N4O9/c1-17(2)28(35-30(43)22(16-32)29(42)24(15-27(40)41)33-18(3)36)31(44)34-23(14-26(38)39)25(37)13-7-11-20-10-6-9-19-8-4-5-12-21(19)20/h4-6,8-10,12,17,22-24,28H,7,11,13-16,32H2,1-3H3,(H,33,36)(H,34,44)(H,35,43)(H,38,39)(H,40,41)/t22?,23-,24-,28-/m0/s1. The van der Waals surface area contributed by atoms with Crippen LogP contribution >= 0.6 is 0 Å². The first-order valence-corrected chi connectivity index (χ1v) is 14.3. The van der Waals surface area contributed by atoms with E-state index >= 15 is 0 Å². The average molecular weight is 613 g/mol. The van der Waals surface area contributed by atoms with E-state index in [2.05, 4.69) is 16.0 Å². The summed E-state index contributed by atoms with van der Waals surface area (Å²) in [6.45, 7) is 3.72. The number of amides is 3. The Kier molecular flexibility index (Phi) is 13.6. The third kappa shape index (κ3) is 10.6. The molecule has 4 atom stereocenters. The molecule has 0 radical (unpaired) electrons. The molecule has 0 aliphatic heterocycles. The van der Waals surface area contributed by atoms with Crippen LogP contribution < -0.4 is 21.7 Å². The predicted molar refractivity (Wildman–Crippen MR) is 160 cm³/mol. The molecule has 2 aromatic carbocycles. The van der Waals surface area contributed by atoms with Crippen LogP contribution in [-0.4, -0.2) is 76.1 Å². The zero-order chi connectivity index (χ0) is 33.0. The van der Waals surface area contributed by atoms with Crippen molar-refractivity contribution in [1.29, 1.82) is 0 Å². The minimum Gasteiger partial charge on any atom is -0.481 e. The van der Waals surface area contributed by atoms with Gasteiger partial charge in [0, 0.05) is 19.9 Å². The smallest absolute Gasteiger partial charge is 0.305 e. The van der Waals surface area contributed by atoms with Crippen LogP contribution in [0.2, 0.25) is 0 Å². The molecule has 13 nitrogen and oxygen atoms in total. The predicted octanol–water partition coefficient (Wildman–Crippen LogP) is 0.955. The monoisotopic (exact) mass is 612 g/mol. The maximum atomic E-state index is 13.2. The molecular weight excluding hydrogens is 572 g/mol. The van der Waals surface area contributed by atoms with Crippen molar-refractivity contribution < 1.29 is 43.8 Å². The van der Waals surface area contributed by atoms with Gasteiger partial charge >= 0.3 is 11.9 Å². The Morgan fingerprint density at radius 2 is 1.41 bits per heavy atom. The molecule has 13 heteroatoms. The van der Waals surface area contributed by atoms with Crippen LogP contribution in [0, 0.1) is 11.8 Å². The maximum Gasteiger partial charge on any atom is 0.305 e. The summed E-state index contributed by atoms with van der Waals surface area (Å²) in [7, 11) is 0. The van der Waals surface area contributed by atoms with E-state index < -0.39 is 90.6 Å². The van der Waals surface area contributed by atoms with Crippen LogP contribution in [0.15, 0.2) is 42.5 Å². The van der Waals surface area contributed by atoms with Crippen LogP contribution in [-0.2, 0) is 40.0 Å². The topological polar surface area (TPSA) is 222 Å². The fourth-order valence-corrected chi connectivity index (χ4v) is 4.85. The summed E-state index contributed by atoms with van der Waals surface area (Å²) in [5, 5.41) is 27.7. The van der Waals surface area contributed by atoms with Crippen molar-refractivity contribution in [1.82, 2.24) is 16.0 Å². The quantitative estimate of drug-likeness (QED) is 0.131. The number of carbonyl (C=O) groups excluding carboxylic acids is 5. The molecule has 0 saturated carbocycles. The number of hydrogen-bond acceptors (Lipinski definition) is 8. The highest BCUT2D eigenvalue weighted by atomic mass is 16.4. The first-order valence-electron chi connectivity index (χ1n) is 14.3. The zero-order valence-corrected chi connectivity index (χ0v) is 25.0. The molecule has 238 valence electrons. The van der Waals surface area contributed by atoms with Gasteiger partial charge in [-0.05, 0) is 35.1 Å². The summed E-state index contributed by atoms with van der Waals surface area (Å²) in [5.74, 6) is -8.80. The van der Waals surface area contributed by atoms with Crippen LogP contribution in [0.5, 0.6) is 0 Å². The van der Waals surface area contributed by atoms with Crippen molar-refractivity contribution in [2.24, 2.45) is 17.6 Å². The molecule has 3 amide bonds. The highest BCUT2D eigenvalue weighted by Gasteiger charge is 2.36. The number of Topliss-reactive ketones (excluding diaryl/α,β-unsaturated/α-hetero) is 2. The van der Waals surface area contributed by atoms with Crippen LogP contribution in [0.25, 0.3) is 10.8 Å². The minimum atomic E-state index is -1.59. The molecule has 0 heterocycles. The van der Waals surface area contributed by atoms with Crippen molar-refractivity contribution in [3.8, 4) is 0 Å². The molecule has 0 aliphatic rings. The van der Waals surface area contributed by atoms with Crippen molar-refractivity contribution in [2.45, 2.75) is 71.0 Å². The number of rotatable bonds is 18. The molecule has 2 rings (SSSR count). The lowest BCUT2D eigenvalue weighted by Gasteiger charge is -2.27. The number of aryl methyl sites for hydroxylation is 1. The van der Waals surface area contributed by atoms with Gasteiger partial charge < -0.3 is 31.9 Å². The van der Waals surface area contributed by atoms with Gasteiger partial charge in [-0.2, -0.15) is 0 Å². The molecule has 0 bridgehead atoms. The lowest BCUT2D eigenvalue weighted by molar-refractivity contribution is -0.143. The number of aliphatic carboxylic acids is 2. The summed E-state index contributed by atoms with van der Waals surface area (Å²) in [4.78, 5) is 86.6. The van der Waals surface area contributed by atoms with E-state index in [-0.39, 0.29) is 6.42 Å². The van der Waals surface area contributed by atoms with E-state index in [0.29, 0.717) is 12.8 Å². The number of nitrogens with one attached hydrogen (secondary N) is 3. The molecule has 0 saturated heterocycles. The van der Waals surface area contributed by atoms with Gasteiger partial charge in [0.2, 0.25) is 17.7 Å². The Balaban J connectivity index is 2.12. The van der Waals surface area contributed by atoms with Gasteiger partial charge in [0.25, 0.3) is 0 Å². The molecule has 0 fully saturated rings. The fourth-order valence-electron chi connectivity index (χ4n) is 4.85. The van der Waals surface area contributed by atoms with Crippen molar-refractivity contribution in [3.63, 3.8) is 0 Å². The van der Waals surface area contributed by atoms with E-state index in [1.165, 1.54) is 0 Å². The van der Waals surface area contributed by atoms with Crippen molar-refractivity contribution in [2.75, 3.05) is 6.54 Å². The van der Waals surface area contributed by atoms with Crippen LogP contribution in [0.4, 0.5) is 0 Å². The third-order valence-corrected chi connectivity index (χ3v) is 7.08. The van der Waals surface area contributed by atoms with Crippen molar-refractivity contribution >= 4 is 52.0 Å². The second-order valence-electron chi connectivity index (χ2n) is 10.9. The number of carboxylic acids is 2. The average Bonchev–Trinajstić information content (AvgIpc) is 2.94. The van der Waals surface area contributed by atoms with Gasteiger partial charge in [0.1, 0.15) is 12.0 Å². The number of carboxylic acid groups (broad SMARTS) is 2. The summed E-state index contributed by atoms with van der Waals surface area (Å²) in [5.41, 5.74) is 6.68. The van der Waals surface area contributed by atoms with E-state index in [9.17, 15) is 38.7 Å². The normalized spacial score (nSPS) is 13.8. The number of benzene rings is 2. The van der Waals surface area contributed by atoms with Crippen molar-refractivity contribution in [3.05, 3.63) is 48.0 Å². The second kappa shape index (κ2) is 16.8. The fraction of sp³-hybridized carbons (Fsp3) is 0.452. The van der Waals surface area contributed by atoms with Gasteiger partial charge in [0.05, 0.1) is 24.9 Å². The number of carbonyl (C=O) groups is 7. The highest BCUT2D eigenvalue weighted by molar-refractivity contribution is 6.07. The SMILES string of the molecule is CC(=O)N[C@@H](CC(=O)O)C(=O)C(CN)C(=O)N[C@H](C(=O)N[C@@H](CC(=O)O)C(=O)CCCc1cccc2ccccc12)C(C)C. The van der Waals surface area contributed by atoms with E-state index in [0.717, 1.165) is 23.3 Å². The molecule has 1 unspecified atom stereocenters. The van der Waals surface area contributed by atoms with Gasteiger partial charge in [-0.15, -0.1) is 0 Å². The van der Waals surface area contributed by atoms with E-state index in [4.69, 9.17) is 10.8 Å². The highest BCUT2D eigenvalue weighted by Crippen LogP contribution is 2.20. The first kappa shape index (κ1) is 35.5. The summed E-state index contributed by atoms with van der Waals surface area (Å²) >= 11 is 0. The molecular formula is C31H40N4O9. The number of ketones is 2. The summed E-state index contributed by atoms with van der Waals surface area (Å²) in [6, 6.07) is 9.49. The molecule has 2 aromatic rings. The Morgan fingerprint density at radius 3 is 2.00 bits per heavy atom.